The molecule has 0 radical (unpaired) electrons. The summed E-state index contributed by atoms with van der Waals surface area (Å²) in [6.07, 6.45) is 3.22. The lowest BCUT2D eigenvalue weighted by molar-refractivity contribution is 0.415. The van der Waals surface area contributed by atoms with Gasteiger partial charge in [0.2, 0.25) is 0 Å². The van der Waals surface area contributed by atoms with Crippen LogP contribution < -0.4 is 10.1 Å². The van der Waals surface area contributed by atoms with Crippen LogP contribution in [-0.4, -0.2) is 33.6 Å². The molecule has 21 heavy (non-hydrogen) atoms. The predicted octanol–water partition coefficient (Wildman–Crippen LogP) is 2.53. The second-order valence-electron chi connectivity index (χ2n) is 4.41. The highest BCUT2D eigenvalue weighted by Crippen LogP contribution is 2.22. The average Bonchev–Trinajstić information content (AvgIpc) is 2.55. The number of anilines is 1. The Morgan fingerprint density at radius 2 is 1.90 bits per heavy atom. The molecule has 1 aromatic carbocycles. The first-order chi connectivity index (χ1) is 10.3. The molecule has 0 spiro atoms. The summed E-state index contributed by atoms with van der Waals surface area (Å²) < 4.78 is 5.15. The lowest BCUT2D eigenvalue weighted by atomic mass is 10.1. The summed E-state index contributed by atoms with van der Waals surface area (Å²) in [5.41, 5.74) is 2.99. The van der Waals surface area contributed by atoms with Crippen molar-refractivity contribution in [3.63, 3.8) is 0 Å². The molecule has 2 aromatic heterocycles. The molecule has 3 rings (SSSR count). The third kappa shape index (κ3) is 2.60. The number of hydrogen-bond acceptors (Lipinski definition) is 6. The molecule has 0 fully saturated rings. The summed E-state index contributed by atoms with van der Waals surface area (Å²) in [6, 6.07) is 7.68. The largest absolute Gasteiger partial charge is 0.497 e. The summed E-state index contributed by atoms with van der Waals surface area (Å²) >= 11 is 0. The van der Waals surface area contributed by atoms with Gasteiger partial charge in [-0.05, 0) is 31.2 Å². The zero-order valence-electron chi connectivity index (χ0n) is 11.9. The van der Waals surface area contributed by atoms with Crippen molar-refractivity contribution in [2.45, 2.75) is 6.92 Å². The van der Waals surface area contributed by atoms with E-state index in [1.54, 1.807) is 13.3 Å². The van der Waals surface area contributed by atoms with E-state index < -0.39 is 0 Å². The van der Waals surface area contributed by atoms with E-state index in [4.69, 9.17) is 4.74 Å². The van der Waals surface area contributed by atoms with E-state index in [1.807, 2.05) is 31.2 Å². The number of hydrogen-bond donors (Lipinski definition) is 1. The molecule has 0 saturated carbocycles. The van der Waals surface area contributed by atoms with Crippen molar-refractivity contribution in [2.24, 2.45) is 0 Å². The Hall–Kier alpha value is -2.76. The molecule has 1 N–H and O–H groups in total. The van der Waals surface area contributed by atoms with Crippen LogP contribution in [0.25, 0.3) is 22.4 Å². The van der Waals surface area contributed by atoms with E-state index in [2.05, 4.69) is 25.3 Å². The summed E-state index contributed by atoms with van der Waals surface area (Å²) in [4.78, 5) is 17.4. The topological polar surface area (TPSA) is 72.8 Å². The van der Waals surface area contributed by atoms with Gasteiger partial charge in [-0.1, -0.05) is 0 Å². The van der Waals surface area contributed by atoms with Crippen LogP contribution in [0.3, 0.4) is 0 Å². The van der Waals surface area contributed by atoms with E-state index in [0.717, 1.165) is 23.6 Å². The lowest BCUT2D eigenvalue weighted by Gasteiger charge is -2.06. The molecule has 2 heterocycles. The lowest BCUT2D eigenvalue weighted by Crippen LogP contribution is -2.03. The van der Waals surface area contributed by atoms with Gasteiger partial charge in [-0.15, -0.1) is 0 Å². The molecule has 106 valence electrons. The van der Waals surface area contributed by atoms with Crippen LogP contribution in [0.1, 0.15) is 6.92 Å². The van der Waals surface area contributed by atoms with Gasteiger partial charge in [0, 0.05) is 12.1 Å². The monoisotopic (exact) mass is 281 g/mol. The van der Waals surface area contributed by atoms with Crippen molar-refractivity contribution in [3.05, 3.63) is 36.8 Å². The first-order valence-electron chi connectivity index (χ1n) is 6.68. The molecule has 0 saturated heterocycles. The molecular weight excluding hydrogens is 266 g/mol. The Kier molecular flexibility index (Phi) is 3.59. The van der Waals surface area contributed by atoms with Crippen LogP contribution in [-0.2, 0) is 0 Å². The molecule has 0 aliphatic heterocycles. The van der Waals surface area contributed by atoms with E-state index in [1.165, 1.54) is 6.33 Å². The van der Waals surface area contributed by atoms with Crippen molar-refractivity contribution in [3.8, 4) is 17.0 Å². The van der Waals surface area contributed by atoms with E-state index in [9.17, 15) is 0 Å². The first kappa shape index (κ1) is 13.2. The maximum absolute atomic E-state index is 5.15. The maximum Gasteiger partial charge on any atom is 0.184 e. The van der Waals surface area contributed by atoms with Gasteiger partial charge in [0.25, 0.3) is 0 Å². The normalized spacial score (nSPS) is 10.6. The van der Waals surface area contributed by atoms with E-state index >= 15 is 0 Å². The third-order valence-electron chi connectivity index (χ3n) is 3.08. The minimum Gasteiger partial charge on any atom is -0.497 e. The van der Waals surface area contributed by atoms with Crippen molar-refractivity contribution in [1.29, 1.82) is 0 Å². The molecule has 6 nitrogen and oxygen atoms in total. The Balaban J connectivity index is 2.04. The van der Waals surface area contributed by atoms with E-state index in [-0.39, 0.29) is 0 Å². The number of nitrogens with one attached hydrogen (secondary N) is 1. The Bertz CT molecular complexity index is 758. The summed E-state index contributed by atoms with van der Waals surface area (Å²) in [5.74, 6) is 1.51. The molecule has 0 atom stereocenters. The highest BCUT2D eigenvalue weighted by molar-refractivity contribution is 5.83. The number of aromatic nitrogens is 4. The van der Waals surface area contributed by atoms with Crippen molar-refractivity contribution >= 4 is 17.0 Å². The number of nitrogens with zero attached hydrogens (tertiary/aromatic N) is 4. The summed E-state index contributed by atoms with van der Waals surface area (Å²) in [5, 5.41) is 3.15. The zero-order chi connectivity index (χ0) is 14.7. The number of fused-ring (bicyclic) bond motifs is 1. The quantitative estimate of drug-likeness (QED) is 0.792. The fourth-order valence-corrected chi connectivity index (χ4v) is 2.04. The van der Waals surface area contributed by atoms with Crippen molar-refractivity contribution in [1.82, 2.24) is 19.9 Å². The minimum atomic E-state index is 0.578. The highest BCUT2D eigenvalue weighted by Gasteiger charge is 2.08. The molecular formula is C15H15N5O. The molecule has 6 heteroatoms. The molecule has 3 aromatic rings. The van der Waals surface area contributed by atoms with Crippen LogP contribution >= 0.6 is 0 Å². The second-order valence-corrected chi connectivity index (χ2v) is 4.41. The van der Waals surface area contributed by atoms with Crippen molar-refractivity contribution in [2.75, 3.05) is 19.0 Å². The van der Waals surface area contributed by atoms with Gasteiger partial charge in [0.05, 0.1) is 19.0 Å². The summed E-state index contributed by atoms with van der Waals surface area (Å²) in [6.45, 7) is 2.78. The fraction of sp³-hybridized carbons (Fsp3) is 0.200. The highest BCUT2D eigenvalue weighted by atomic mass is 16.5. The van der Waals surface area contributed by atoms with Crippen LogP contribution in [0.5, 0.6) is 5.75 Å². The summed E-state index contributed by atoms with van der Waals surface area (Å²) in [7, 11) is 1.64. The van der Waals surface area contributed by atoms with Crippen LogP contribution in [0.15, 0.2) is 36.8 Å². The number of benzene rings is 1. The smallest absolute Gasteiger partial charge is 0.184 e. The number of rotatable bonds is 4. The van der Waals surface area contributed by atoms with Gasteiger partial charge < -0.3 is 10.1 Å². The second kappa shape index (κ2) is 5.70. The molecule has 0 unspecified atom stereocenters. The van der Waals surface area contributed by atoms with Crippen LogP contribution in [0.4, 0.5) is 5.82 Å². The van der Waals surface area contributed by atoms with E-state index in [0.29, 0.717) is 17.0 Å². The minimum absolute atomic E-state index is 0.578. The van der Waals surface area contributed by atoms with Gasteiger partial charge in [0.15, 0.2) is 11.5 Å². The maximum atomic E-state index is 5.15. The average molecular weight is 281 g/mol. The Labute approximate surface area is 122 Å². The molecule has 0 bridgehead atoms. The third-order valence-corrected chi connectivity index (χ3v) is 3.08. The predicted molar refractivity (Wildman–Crippen MR) is 81.3 cm³/mol. The zero-order valence-corrected chi connectivity index (χ0v) is 11.9. The molecule has 0 amide bonds. The van der Waals surface area contributed by atoms with Crippen molar-refractivity contribution < 1.29 is 4.74 Å². The van der Waals surface area contributed by atoms with Gasteiger partial charge in [-0.3, -0.25) is 0 Å². The van der Waals surface area contributed by atoms with Crippen LogP contribution in [0.2, 0.25) is 0 Å². The first-order valence-corrected chi connectivity index (χ1v) is 6.68. The van der Waals surface area contributed by atoms with Gasteiger partial charge in [0.1, 0.15) is 17.6 Å². The number of ether oxygens (including phenoxy) is 1. The fourth-order valence-electron chi connectivity index (χ4n) is 2.04. The van der Waals surface area contributed by atoms with Gasteiger partial charge in [-0.25, -0.2) is 19.9 Å². The Morgan fingerprint density at radius 1 is 1.10 bits per heavy atom. The molecule has 0 aliphatic rings. The van der Waals surface area contributed by atoms with Gasteiger partial charge in [-0.2, -0.15) is 0 Å². The Morgan fingerprint density at radius 3 is 2.62 bits per heavy atom. The standard InChI is InChI=1S/C15H15N5O/c1-3-16-14-13-15(19-9-18-14)20-12(8-17-13)10-4-6-11(21-2)7-5-10/h4-9H,3H2,1-2H3,(H,16,18,19,20). The van der Waals surface area contributed by atoms with Gasteiger partial charge >= 0.3 is 0 Å². The number of methoxy groups -OCH3 is 1. The SMILES string of the molecule is CCNc1ncnc2nc(-c3ccc(OC)cc3)cnc12. The van der Waals surface area contributed by atoms with Crippen LogP contribution in [0, 0.1) is 0 Å². The molecule has 0 aliphatic carbocycles.